The number of benzene rings is 2. The van der Waals surface area contributed by atoms with Crippen LogP contribution in [0, 0.1) is 0 Å². The van der Waals surface area contributed by atoms with Gasteiger partial charge in [-0.15, -0.1) is 0 Å². The minimum absolute atomic E-state index is 0.580. The Labute approximate surface area is 100.0 Å². The van der Waals surface area contributed by atoms with Crippen LogP contribution in [0.4, 0.5) is 0 Å². The number of hydrogen-bond donors (Lipinski definition) is 1. The molecule has 0 radical (unpaired) electrons. The Bertz CT molecular complexity index is 504. The lowest BCUT2D eigenvalue weighted by Gasteiger charge is -2.06. The lowest BCUT2D eigenvalue weighted by atomic mass is 10.1. The third-order valence-corrected chi connectivity index (χ3v) is 2.40. The van der Waals surface area contributed by atoms with E-state index in [-0.39, 0.29) is 0 Å². The van der Waals surface area contributed by atoms with Crippen molar-refractivity contribution in [3.63, 3.8) is 0 Å². The van der Waals surface area contributed by atoms with E-state index in [4.69, 9.17) is 9.94 Å². The Morgan fingerprint density at radius 1 is 0.941 bits per heavy atom. The topological polar surface area (TPSA) is 41.8 Å². The minimum Gasteiger partial charge on any atom is -0.457 e. The van der Waals surface area contributed by atoms with Gasteiger partial charge in [-0.05, 0) is 48.9 Å². The van der Waals surface area contributed by atoms with E-state index in [9.17, 15) is 0 Å². The van der Waals surface area contributed by atoms with Crippen molar-refractivity contribution in [3.05, 3.63) is 60.2 Å². The average Bonchev–Trinajstić information content (AvgIpc) is 2.40. The molecule has 0 aliphatic carbocycles. The summed E-state index contributed by atoms with van der Waals surface area (Å²) in [6, 6.07) is 17.0. The van der Waals surface area contributed by atoms with Crippen molar-refractivity contribution in [2.45, 2.75) is 6.92 Å². The molecule has 0 bridgehead atoms. The largest absolute Gasteiger partial charge is 0.457 e. The zero-order chi connectivity index (χ0) is 12.1. The molecule has 0 saturated carbocycles. The Balaban J connectivity index is 2.14. The quantitative estimate of drug-likeness (QED) is 0.493. The normalized spacial score (nSPS) is 11.2. The Morgan fingerprint density at radius 2 is 1.53 bits per heavy atom. The van der Waals surface area contributed by atoms with E-state index in [1.54, 1.807) is 6.92 Å². The standard InChI is InChI=1S/C14H13NO2/c1-11(15-16)12-7-9-14(10-8-12)17-13-5-3-2-4-6-13/h2-10,16H,1H3. The molecule has 2 aromatic carbocycles. The predicted molar refractivity (Wildman–Crippen MR) is 67.0 cm³/mol. The number of rotatable bonds is 3. The van der Waals surface area contributed by atoms with Gasteiger partial charge in [-0.25, -0.2) is 0 Å². The van der Waals surface area contributed by atoms with Crippen LogP contribution in [0.5, 0.6) is 11.5 Å². The molecule has 3 nitrogen and oxygen atoms in total. The number of para-hydroxylation sites is 1. The fourth-order valence-electron chi connectivity index (χ4n) is 1.45. The third-order valence-electron chi connectivity index (χ3n) is 2.40. The lowest BCUT2D eigenvalue weighted by Crippen LogP contribution is -1.93. The van der Waals surface area contributed by atoms with E-state index < -0.39 is 0 Å². The monoisotopic (exact) mass is 227 g/mol. The van der Waals surface area contributed by atoms with Gasteiger partial charge < -0.3 is 9.94 Å². The fraction of sp³-hybridized carbons (Fsp3) is 0.0714. The molecule has 17 heavy (non-hydrogen) atoms. The first-order valence-electron chi connectivity index (χ1n) is 5.31. The van der Waals surface area contributed by atoms with E-state index in [1.807, 2.05) is 54.6 Å². The Morgan fingerprint density at radius 3 is 2.12 bits per heavy atom. The van der Waals surface area contributed by atoms with Crippen LogP contribution < -0.4 is 4.74 Å². The molecule has 0 aliphatic heterocycles. The van der Waals surface area contributed by atoms with Gasteiger partial charge in [0, 0.05) is 0 Å². The van der Waals surface area contributed by atoms with Gasteiger partial charge >= 0.3 is 0 Å². The van der Waals surface area contributed by atoms with Gasteiger partial charge in [0.05, 0.1) is 5.71 Å². The maximum absolute atomic E-state index is 8.65. The van der Waals surface area contributed by atoms with Crippen LogP contribution in [-0.2, 0) is 0 Å². The van der Waals surface area contributed by atoms with Gasteiger partial charge in [0.25, 0.3) is 0 Å². The van der Waals surface area contributed by atoms with E-state index in [0.29, 0.717) is 5.71 Å². The van der Waals surface area contributed by atoms with Gasteiger partial charge in [-0.2, -0.15) is 0 Å². The highest BCUT2D eigenvalue weighted by molar-refractivity contribution is 5.98. The van der Waals surface area contributed by atoms with Crippen LogP contribution in [0.2, 0.25) is 0 Å². The van der Waals surface area contributed by atoms with E-state index >= 15 is 0 Å². The molecule has 0 atom stereocenters. The lowest BCUT2D eigenvalue weighted by molar-refractivity contribution is 0.319. The van der Waals surface area contributed by atoms with Gasteiger partial charge in [0.2, 0.25) is 0 Å². The van der Waals surface area contributed by atoms with Crippen LogP contribution in [-0.4, -0.2) is 10.9 Å². The van der Waals surface area contributed by atoms with Gasteiger partial charge in [-0.1, -0.05) is 23.4 Å². The summed E-state index contributed by atoms with van der Waals surface area (Å²) in [7, 11) is 0. The minimum atomic E-state index is 0.580. The first-order chi connectivity index (χ1) is 8.29. The number of oxime groups is 1. The first kappa shape index (κ1) is 11.2. The summed E-state index contributed by atoms with van der Waals surface area (Å²) in [6.45, 7) is 1.74. The van der Waals surface area contributed by atoms with Crippen molar-refractivity contribution in [2.24, 2.45) is 5.16 Å². The molecular weight excluding hydrogens is 214 g/mol. The Kier molecular flexibility index (Phi) is 3.40. The second-order valence-electron chi connectivity index (χ2n) is 3.62. The van der Waals surface area contributed by atoms with Crippen molar-refractivity contribution in [3.8, 4) is 11.5 Å². The van der Waals surface area contributed by atoms with Crippen molar-refractivity contribution >= 4 is 5.71 Å². The molecule has 2 aromatic rings. The molecular formula is C14H13NO2. The van der Waals surface area contributed by atoms with Crippen molar-refractivity contribution in [1.82, 2.24) is 0 Å². The summed E-state index contributed by atoms with van der Waals surface area (Å²) in [5, 5.41) is 11.8. The number of nitrogens with zero attached hydrogens (tertiary/aromatic N) is 1. The van der Waals surface area contributed by atoms with Crippen LogP contribution >= 0.6 is 0 Å². The highest BCUT2D eigenvalue weighted by atomic mass is 16.5. The summed E-state index contributed by atoms with van der Waals surface area (Å²) in [5.41, 5.74) is 1.45. The van der Waals surface area contributed by atoms with Crippen LogP contribution in [0.25, 0.3) is 0 Å². The third kappa shape index (κ3) is 2.84. The number of ether oxygens (including phenoxy) is 1. The predicted octanol–water partition coefficient (Wildman–Crippen LogP) is 3.68. The van der Waals surface area contributed by atoms with Gasteiger partial charge in [-0.3, -0.25) is 0 Å². The molecule has 0 unspecified atom stereocenters. The fourth-order valence-corrected chi connectivity index (χ4v) is 1.45. The highest BCUT2D eigenvalue weighted by Crippen LogP contribution is 2.21. The van der Waals surface area contributed by atoms with Gasteiger partial charge in [0.1, 0.15) is 11.5 Å². The zero-order valence-electron chi connectivity index (χ0n) is 9.50. The summed E-state index contributed by atoms with van der Waals surface area (Å²) < 4.78 is 5.64. The Hall–Kier alpha value is -2.29. The first-order valence-corrected chi connectivity index (χ1v) is 5.31. The van der Waals surface area contributed by atoms with Crippen molar-refractivity contribution in [2.75, 3.05) is 0 Å². The van der Waals surface area contributed by atoms with E-state index in [0.717, 1.165) is 17.1 Å². The molecule has 3 heteroatoms. The molecule has 86 valence electrons. The molecule has 0 heterocycles. The molecule has 0 amide bonds. The van der Waals surface area contributed by atoms with Crippen LogP contribution in [0.1, 0.15) is 12.5 Å². The molecule has 0 fully saturated rings. The van der Waals surface area contributed by atoms with Crippen LogP contribution in [0.3, 0.4) is 0 Å². The SMILES string of the molecule is CC(=NO)c1ccc(Oc2ccccc2)cc1. The average molecular weight is 227 g/mol. The smallest absolute Gasteiger partial charge is 0.127 e. The second-order valence-corrected chi connectivity index (χ2v) is 3.62. The van der Waals surface area contributed by atoms with Crippen LogP contribution in [0.15, 0.2) is 59.8 Å². The van der Waals surface area contributed by atoms with E-state index in [2.05, 4.69) is 5.16 Å². The maximum Gasteiger partial charge on any atom is 0.127 e. The van der Waals surface area contributed by atoms with Crippen molar-refractivity contribution < 1.29 is 9.94 Å². The maximum atomic E-state index is 8.65. The number of hydrogen-bond acceptors (Lipinski definition) is 3. The summed E-state index contributed by atoms with van der Waals surface area (Å²) in [4.78, 5) is 0. The molecule has 0 spiro atoms. The molecule has 2 rings (SSSR count). The summed E-state index contributed by atoms with van der Waals surface area (Å²) in [6.07, 6.45) is 0. The summed E-state index contributed by atoms with van der Waals surface area (Å²) in [5.74, 6) is 1.55. The van der Waals surface area contributed by atoms with Crippen molar-refractivity contribution in [1.29, 1.82) is 0 Å². The molecule has 1 N–H and O–H groups in total. The second kappa shape index (κ2) is 5.16. The highest BCUT2D eigenvalue weighted by Gasteiger charge is 1.99. The van der Waals surface area contributed by atoms with E-state index in [1.165, 1.54) is 0 Å². The zero-order valence-corrected chi connectivity index (χ0v) is 9.50. The van der Waals surface area contributed by atoms with Gasteiger partial charge in [0.15, 0.2) is 0 Å². The summed E-state index contributed by atoms with van der Waals surface area (Å²) >= 11 is 0. The molecule has 0 aromatic heterocycles. The molecule has 0 aliphatic rings. The molecule has 0 saturated heterocycles.